The number of nitrogens with one attached hydrogen (secondary N) is 1. The first-order chi connectivity index (χ1) is 9.45. The zero-order valence-corrected chi connectivity index (χ0v) is 13.4. The average Bonchev–Trinajstić information content (AvgIpc) is 2.40. The van der Waals surface area contributed by atoms with E-state index in [1.807, 2.05) is 7.05 Å². The lowest BCUT2D eigenvalue weighted by molar-refractivity contribution is 0.630. The van der Waals surface area contributed by atoms with Crippen LogP contribution < -0.4 is 5.32 Å². The molecular weight excluding hydrogens is 343 g/mol. The fourth-order valence-corrected chi connectivity index (χ4v) is 3.01. The van der Waals surface area contributed by atoms with E-state index in [0.29, 0.717) is 17.7 Å². The number of hydrogen-bond donors (Lipinski definition) is 1. The summed E-state index contributed by atoms with van der Waals surface area (Å²) in [6.45, 7) is 0.601. The van der Waals surface area contributed by atoms with E-state index >= 15 is 0 Å². The molecule has 0 bridgehead atoms. The molecule has 106 valence electrons. The third kappa shape index (κ3) is 3.05. The van der Waals surface area contributed by atoms with Gasteiger partial charge in [0.2, 0.25) is 0 Å². The molecule has 0 aliphatic carbocycles. The van der Waals surface area contributed by atoms with Crippen molar-refractivity contribution >= 4 is 46.4 Å². The molecule has 0 aliphatic heterocycles. The minimum Gasteiger partial charge on any atom is -0.316 e. The summed E-state index contributed by atoms with van der Waals surface area (Å²) >= 11 is 24.2. The standard InChI is InChI=1S/C14H10Cl4FN/c1-20-6-7-2-3-11(19)8(4-7)12-9(15)5-10(16)13(17)14(12)18/h2-5,20H,6H2,1H3. The van der Waals surface area contributed by atoms with Gasteiger partial charge in [0.25, 0.3) is 0 Å². The van der Waals surface area contributed by atoms with Gasteiger partial charge in [-0.3, -0.25) is 0 Å². The highest BCUT2D eigenvalue weighted by Gasteiger charge is 2.18. The number of hydrogen-bond acceptors (Lipinski definition) is 1. The van der Waals surface area contributed by atoms with Crippen LogP contribution in [0.1, 0.15) is 5.56 Å². The molecule has 0 heterocycles. The maximum Gasteiger partial charge on any atom is 0.131 e. The number of rotatable bonds is 3. The summed E-state index contributed by atoms with van der Waals surface area (Å²) in [7, 11) is 1.81. The van der Waals surface area contributed by atoms with Gasteiger partial charge in [-0.05, 0) is 30.8 Å². The molecule has 1 N–H and O–H groups in total. The SMILES string of the molecule is CNCc1ccc(F)c(-c2c(Cl)cc(Cl)c(Cl)c2Cl)c1. The topological polar surface area (TPSA) is 12.0 Å². The Morgan fingerprint density at radius 3 is 2.35 bits per heavy atom. The van der Waals surface area contributed by atoms with Crippen LogP contribution in [0.25, 0.3) is 11.1 Å². The van der Waals surface area contributed by atoms with Crippen molar-refractivity contribution in [1.82, 2.24) is 5.32 Å². The third-order valence-corrected chi connectivity index (χ3v) is 4.36. The molecule has 2 aromatic carbocycles. The first kappa shape index (κ1) is 15.9. The summed E-state index contributed by atoms with van der Waals surface area (Å²) in [6.07, 6.45) is 0. The Bertz CT molecular complexity index is 658. The molecule has 2 aromatic rings. The third-order valence-electron chi connectivity index (χ3n) is 2.80. The van der Waals surface area contributed by atoms with E-state index in [1.165, 1.54) is 12.1 Å². The molecule has 0 aliphatic rings. The molecule has 0 fully saturated rings. The number of benzene rings is 2. The van der Waals surface area contributed by atoms with Gasteiger partial charge in [-0.25, -0.2) is 4.39 Å². The Balaban J connectivity index is 2.68. The van der Waals surface area contributed by atoms with E-state index in [1.54, 1.807) is 12.1 Å². The van der Waals surface area contributed by atoms with Gasteiger partial charge >= 0.3 is 0 Å². The molecule has 0 saturated heterocycles. The van der Waals surface area contributed by atoms with Gasteiger partial charge in [-0.15, -0.1) is 0 Å². The van der Waals surface area contributed by atoms with Crippen molar-refractivity contribution in [2.75, 3.05) is 7.05 Å². The van der Waals surface area contributed by atoms with Crippen LogP contribution in [0.3, 0.4) is 0 Å². The normalized spacial score (nSPS) is 10.9. The Labute approximate surface area is 136 Å². The summed E-state index contributed by atoms with van der Waals surface area (Å²) in [5.41, 5.74) is 1.55. The van der Waals surface area contributed by atoms with Crippen LogP contribution in [-0.2, 0) is 6.54 Å². The zero-order valence-electron chi connectivity index (χ0n) is 10.4. The van der Waals surface area contributed by atoms with Crippen molar-refractivity contribution in [2.24, 2.45) is 0 Å². The molecule has 0 saturated carbocycles. The predicted octanol–water partition coefficient (Wildman–Crippen LogP) is 5.83. The molecule has 0 aromatic heterocycles. The van der Waals surface area contributed by atoms with E-state index in [-0.39, 0.29) is 20.1 Å². The van der Waals surface area contributed by atoms with Crippen LogP contribution in [0.4, 0.5) is 4.39 Å². The van der Waals surface area contributed by atoms with Crippen molar-refractivity contribution in [2.45, 2.75) is 6.54 Å². The first-order valence-electron chi connectivity index (χ1n) is 5.72. The molecule has 1 nitrogen and oxygen atoms in total. The van der Waals surface area contributed by atoms with Gasteiger partial charge in [0.05, 0.1) is 20.1 Å². The molecule has 0 amide bonds. The maximum absolute atomic E-state index is 14.1. The van der Waals surface area contributed by atoms with Gasteiger partial charge in [0.15, 0.2) is 0 Å². The maximum atomic E-state index is 14.1. The molecule has 0 unspecified atom stereocenters. The fraction of sp³-hybridized carbons (Fsp3) is 0.143. The van der Waals surface area contributed by atoms with Gasteiger partial charge < -0.3 is 5.32 Å². The minimum atomic E-state index is -0.424. The highest BCUT2D eigenvalue weighted by atomic mass is 35.5. The second-order valence-corrected chi connectivity index (χ2v) is 5.76. The fourth-order valence-electron chi connectivity index (χ4n) is 1.89. The molecule has 0 atom stereocenters. The average molecular weight is 353 g/mol. The summed E-state index contributed by atoms with van der Waals surface area (Å²) < 4.78 is 14.1. The summed E-state index contributed by atoms with van der Waals surface area (Å²) in [5.74, 6) is -0.424. The summed E-state index contributed by atoms with van der Waals surface area (Å²) in [6, 6.07) is 6.20. The van der Waals surface area contributed by atoms with Crippen molar-refractivity contribution in [3.05, 3.63) is 55.7 Å². The van der Waals surface area contributed by atoms with E-state index < -0.39 is 5.82 Å². The smallest absolute Gasteiger partial charge is 0.131 e. The molecule has 6 heteroatoms. The highest BCUT2D eigenvalue weighted by Crippen LogP contribution is 2.43. The number of halogens is 5. The van der Waals surface area contributed by atoms with Crippen LogP contribution >= 0.6 is 46.4 Å². The molecule has 2 rings (SSSR count). The van der Waals surface area contributed by atoms with Crippen molar-refractivity contribution < 1.29 is 4.39 Å². The van der Waals surface area contributed by atoms with E-state index in [4.69, 9.17) is 46.4 Å². The van der Waals surface area contributed by atoms with Crippen LogP contribution in [0.2, 0.25) is 20.1 Å². The monoisotopic (exact) mass is 351 g/mol. The predicted molar refractivity (Wildman–Crippen MR) is 84.6 cm³/mol. The Kier molecular flexibility index (Phi) is 5.16. The second kappa shape index (κ2) is 6.50. The Morgan fingerprint density at radius 2 is 1.70 bits per heavy atom. The van der Waals surface area contributed by atoms with Crippen LogP contribution in [-0.4, -0.2) is 7.05 Å². The van der Waals surface area contributed by atoms with Gasteiger partial charge in [0.1, 0.15) is 5.82 Å². The van der Waals surface area contributed by atoms with Crippen LogP contribution in [0, 0.1) is 5.82 Å². The minimum absolute atomic E-state index is 0.143. The van der Waals surface area contributed by atoms with Crippen molar-refractivity contribution in [3.8, 4) is 11.1 Å². The largest absolute Gasteiger partial charge is 0.316 e. The van der Waals surface area contributed by atoms with E-state index in [2.05, 4.69) is 5.32 Å². The molecule has 0 radical (unpaired) electrons. The zero-order chi connectivity index (χ0) is 14.9. The first-order valence-corrected chi connectivity index (χ1v) is 7.23. The van der Waals surface area contributed by atoms with Crippen molar-refractivity contribution in [3.63, 3.8) is 0 Å². The van der Waals surface area contributed by atoms with E-state index in [0.717, 1.165) is 5.56 Å². The Hall–Kier alpha value is -0.510. The second-order valence-electron chi connectivity index (χ2n) is 4.19. The lowest BCUT2D eigenvalue weighted by Gasteiger charge is -2.12. The highest BCUT2D eigenvalue weighted by molar-refractivity contribution is 6.51. The summed E-state index contributed by atoms with van der Waals surface area (Å²) in [5, 5.41) is 3.79. The molecule has 0 spiro atoms. The molecular formula is C14H10Cl4FN. The van der Waals surface area contributed by atoms with Crippen LogP contribution in [0.5, 0.6) is 0 Å². The quantitative estimate of drug-likeness (QED) is 0.541. The van der Waals surface area contributed by atoms with Gasteiger partial charge in [0, 0.05) is 17.7 Å². The summed E-state index contributed by atoms with van der Waals surface area (Å²) in [4.78, 5) is 0. The Morgan fingerprint density at radius 1 is 1.00 bits per heavy atom. The van der Waals surface area contributed by atoms with E-state index in [9.17, 15) is 4.39 Å². The lowest BCUT2D eigenvalue weighted by atomic mass is 10.0. The van der Waals surface area contributed by atoms with Gasteiger partial charge in [-0.2, -0.15) is 0 Å². The van der Waals surface area contributed by atoms with Crippen LogP contribution in [0.15, 0.2) is 24.3 Å². The lowest BCUT2D eigenvalue weighted by Crippen LogP contribution is -2.05. The molecule has 20 heavy (non-hydrogen) atoms. The van der Waals surface area contributed by atoms with Crippen molar-refractivity contribution in [1.29, 1.82) is 0 Å². The van der Waals surface area contributed by atoms with Gasteiger partial charge in [-0.1, -0.05) is 52.5 Å².